The molecule has 0 saturated carbocycles. The lowest BCUT2D eigenvalue weighted by Crippen LogP contribution is -2.48. The first kappa shape index (κ1) is 18.1. The topological polar surface area (TPSA) is 22.6 Å². The lowest BCUT2D eigenvalue weighted by Gasteiger charge is -2.41. The summed E-state index contributed by atoms with van der Waals surface area (Å²) in [4.78, 5) is 13.5. The molecule has 2 aromatic rings. The van der Waals surface area contributed by atoms with Gasteiger partial charge in [0.15, 0.2) is 0 Å². The van der Waals surface area contributed by atoms with Gasteiger partial charge in [-0.1, -0.05) is 18.2 Å². The second-order valence-electron chi connectivity index (χ2n) is 8.09. The van der Waals surface area contributed by atoms with Crippen LogP contribution < -0.4 is 0 Å². The molecule has 26 heavy (non-hydrogen) atoms. The van der Waals surface area contributed by atoms with Gasteiger partial charge < -0.3 is 4.90 Å². The summed E-state index contributed by atoms with van der Waals surface area (Å²) in [7, 11) is 2.21. The summed E-state index contributed by atoms with van der Waals surface area (Å²) in [5, 5.41) is 1.31. The number of piperazine rings is 1. The molecule has 1 aromatic carbocycles. The largest absolute Gasteiger partial charge is 0.304 e. The highest BCUT2D eigenvalue weighted by molar-refractivity contribution is 7.15. The summed E-state index contributed by atoms with van der Waals surface area (Å²) in [5.41, 5.74) is 2.73. The third kappa shape index (κ3) is 4.01. The second-order valence-corrected chi connectivity index (χ2v) is 9.15. The quantitative estimate of drug-likeness (QED) is 0.805. The van der Waals surface area contributed by atoms with Crippen LogP contribution in [0.1, 0.15) is 30.3 Å². The number of hydrogen-bond donors (Lipinski definition) is 0. The lowest BCUT2D eigenvalue weighted by molar-refractivity contribution is 0.110. The summed E-state index contributed by atoms with van der Waals surface area (Å²) >= 11 is 1.88. The van der Waals surface area contributed by atoms with Crippen molar-refractivity contribution < 1.29 is 0 Å². The minimum Gasteiger partial charge on any atom is -0.304 e. The average Bonchev–Trinajstić information content (AvgIpc) is 3.05. The molecule has 140 valence electrons. The van der Waals surface area contributed by atoms with Crippen molar-refractivity contribution in [3.05, 3.63) is 41.0 Å². The van der Waals surface area contributed by atoms with Crippen molar-refractivity contribution in [2.24, 2.45) is 0 Å². The minimum absolute atomic E-state index is 0.629. The molecule has 0 amide bonds. The number of likely N-dealkylation sites (N-methyl/N-ethyl adjacent to an activating group) is 1. The molecule has 0 unspecified atom stereocenters. The number of nitrogens with zero attached hydrogens (tertiary/aromatic N) is 4. The molecule has 0 aliphatic carbocycles. The molecule has 4 nitrogen and oxygen atoms in total. The van der Waals surface area contributed by atoms with E-state index >= 15 is 0 Å². The van der Waals surface area contributed by atoms with Crippen molar-refractivity contribution in [1.82, 2.24) is 19.7 Å². The molecule has 0 N–H and O–H groups in total. The zero-order valence-electron chi connectivity index (χ0n) is 16.2. The fourth-order valence-corrected chi connectivity index (χ4v) is 4.78. The molecule has 4 rings (SSSR count). The van der Waals surface area contributed by atoms with Gasteiger partial charge in [-0.05, 0) is 38.1 Å². The van der Waals surface area contributed by atoms with Gasteiger partial charge in [-0.2, -0.15) is 0 Å². The van der Waals surface area contributed by atoms with E-state index in [4.69, 9.17) is 4.98 Å². The van der Waals surface area contributed by atoms with Gasteiger partial charge in [0.05, 0.1) is 9.88 Å². The van der Waals surface area contributed by atoms with Crippen LogP contribution in [0.2, 0.25) is 0 Å². The summed E-state index contributed by atoms with van der Waals surface area (Å²) in [6, 6.07) is 9.69. The number of aromatic nitrogens is 1. The van der Waals surface area contributed by atoms with E-state index in [0.717, 1.165) is 19.6 Å². The van der Waals surface area contributed by atoms with E-state index in [1.165, 1.54) is 47.2 Å². The minimum atomic E-state index is 0.629. The van der Waals surface area contributed by atoms with Crippen molar-refractivity contribution in [3.63, 3.8) is 0 Å². The summed E-state index contributed by atoms with van der Waals surface area (Å²) in [5.74, 6) is 0.629. The zero-order valence-corrected chi connectivity index (χ0v) is 17.0. The van der Waals surface area contributed by atoms with Gasteiger partial charge in [0, 0.05) is 64.0 Å². The molecule has 5 heteroatoms. The Morgan fingerprint density at radius 2 is 1.92 bits per heavy atom. The molecule has 2 aliphatic heterocycles. The Kier molecular flexibility index (Phi) is 5.41. The monoisotopic (exact) mass is 370 g/mol. The third-order valence-corrected chi connectivity index (χ3v) is 6.94. The Morgan fingerprint density at radius 1 is 1.15 bits per heavy atom. The molecule has 0 bridgehead atoms. The van der Waals surface area contributed by atoms with Crippen LogP contribution in [0.5, 0.6) is 0 Å². The Labute approximate surface area is 161 Å². The van der Waals surface area contributed by atoms with Crippen molar-refractivity contribution >= 4 is 11.3 Å². The van der Waals surface area contributed by atoms with Crippen molar-refractivity contribution in [3.8, 4) is 10.4 Å². The zero-order chi connectivity index (χ0) is 18.1. The first-order valence-electron chi connectivity index (χ1n) is 9.78. The average molecular weight is 371 g/mol. The Hall–Kier alpha value is -1.27. The van der Waals surface area contributed by atoms with Crippen LogP contribution in [0.25, 0.3) is 10.4 Å². The van der Waals surface area contributed by atoms with Crippen molar-refractivity contribution in [1.29, 1.82) is 0 Å². The van der Waals surface area contributed by atoms with Gasteiger partial charge in [-0.15, -0.1) is 11.3 Å². The van der Waals surface area contributed by atoms with E-state index in [1.807, 2.05) is 11.3 Å². The van der Waals surface area contributed by atoms with E-state index in [1.54, 1.807) is 0 Å². The first-order valence-corrected chi connectivity index (χ1v) is 10.6. The van der Waals surface area contributed by atoms with Crippen LogP contribution in [0.3, 0.4) is 0 Å². The van der Waals surface area contributed by atoms with Crippen molar-refractivity contribution in [2.75, 3.05) is 46.3 Å². The molecule has 2 aliphatic rings. The van der Waals surface area contributed by atoms with Gasteiger partial charge in [0.1, 0.15) is 0 Å². The third-order valence-electron chi connectivity index (χ3n) is 5.73. The number of benzene rings is 1. The van der Waals surface area contributed by atoms with Crippen LogP contribution in [0, 0.1) is 0 Å². The van der Waals surface area contributed by atoms with E-state index < -0.39 is 0 Å². The van der Waals surface area contributed by atoms with E-state index in [0.29, 0.717) is 12.0 Å². The Bertz CT molecular complexity index is 727. The van der Waals surface area contributed by atoms with Crippen molar-refractivity contribution in [2.45, 2.75) is 32.4 Å². The summed E-state index contributed by atoms with van der Waals surface area (Å²) in [6.45, 7) is 12.6. The standard InChI is InChI=1S/C21H30N4S/c1-16(2)25-14-19(15-25)21-22-12-20(26-21)18-6-4-5-17(11-18)13-24-9-7-23(3)8-10-24/h4-6,11-12,16,19H,7-10,13-15H2,1-3H3. The van der Waals surface area contributed by atoms with Gasteiger partial charge in [-0.25, -0.2) is 4.98 Å². The molecular formula is C21H30N4S. The van der Waals surface area contributed by atoms with E-state index in [-0.39, 0.29) is 0 Å². The highest BCUT2D eigenvalue weighted by Gasteiger charge is 2.31. The molecule has 2 fully saturated rings. The molecule has 3 heterocycles. The smallest absolute Gasteiger partial charge is 0.0987 e. The predicted octanol–water partition coefficient (Wildman–Crippen LogP) is 3.37. The number of hydrogen-bond acceptors (Lipinski definition) is 5. The van der Waals surface area contributed by atoms with Gasteiger partial charge in [-0.3, -0.25) is 9.80 Å². The van der Waals surface area contributed by atoms with E-state index in [9.17, 15) is 0 Å². The molecular weight excluding hydrogens is 340 g/mol. The highest BCUT2D eigenvalue weighted by Crippen LogP contribution is 2.35. The number of likely N-dealkylation sites (tertiary alicyclic amines) is 1. The predicted molar refractivity (Wildman–Crippen MR) is 110 cm³/mol. The molecule has 0 atom stereocenters. The fourth-order valence-electron chi connectivity index (χ4n) is 3.79. The first-order chi connectivity index (χ1) is 12.6. The molecule has 0 spiro atoms. The maximum atomic E-state index is 4.74. The Morgan fingerprint density at radius 3 is 2.65 bits per heavy atom. The molecule has 1 aromatic heterocycles. The normalized spacial score (nSPS) is 20.6. The summed E-state index contributed by atoms with van der Waals surface area (Å²) in [6.07, 6.45) is 2.08. The van der Waals surface area contributed by atoms with E-state index in [2.05, 4.69) is 66.1 Å². The maximum Gasteiger partial charge on any atom is 0.0987 e. The van der Waals surface area contributed by atoms with Gasteiger partial charge in [0.2, 0.25) is 0 Å². The van der Waals surface area contributed by atoms with Crippen LogP contribution >= 0.6 is 11.3 Å². The number of thiazole rings is 1. The van der Waals surface area contributed by atoms with Crippen LogP contribution in [-0.4, -0.2) is 72.0 Å². The maximum absolute atomic E-state index is 4.74. The number of rotatable bonds is 5. The van der Waals surface area contributed by atoms with Crippen LogP contribution in [0.15, 0.2) is 30.5 Å². The molecule has 2 saturated heterocycles. The lowest BCUT2D eigenvalue weighted by atomic mass is 9.99. The Balaban J connectivity index is 1.41. The summed E-state index contributed by atoms with van der Waals surface area (Å²) < 4.78 is 0. The SMILES string of the molecule is CC(C)N1CC(c2ncc(-c3cccc(CN4CCN(C)CC4)c3)s2)C1. The second kappa shape index (κ2) is 7.77. The van der Waals surface area contributed by atoms with Gasteiger partial charge in [0.25, 0.3) is 0 Å². The van der Waals surface area contributed by atoms with Gasteiger partial charge >= 0.3 is 0 Å². The van der Waals surface area contributed by atoms with Crippen LogP contribution in [-0.2, 0) is 6.54 Å². The fraction of sp³-hybridized carbons (Fsp3) is 0.571. The molecule has 0 radical (unpaired) electrons. The highest BCUT2D eigenvalue weighted by atomic mass is 32.1. The van der Waals surface area contributed by atoms with Crippen LogP contribution in [0.4, 0.5) is 0 Å².